The van der Waals surface area contributed by atoms with E-state index in [2.05, 4.69) is 15.9 Å². The van der Waals surface area contributed by atoms with E-state index in [1.54, 1.807) is 12.1 Å². The molecular formula is C15H17BrO5S. The molecule has 0 N–H and O–H groups in total. The van der Waals surface area contributed by atoms with Crippen molar-refractivity contribution in [3.63, 3.8) is 0 Å². The number of benzene rings is 1. The average molecular weight is 389 g/mol. The molecule has 1 aromatic rings. The highest BCUT2D eigenvalue weighted by Gasteiger charge is 2.55. The van der Waals surface area contributed by atoms with E-state index in [9.17, 15) is 18.0 Å². The maximum Gasteiger partial charge on any atom is 0.327 e. The molecule has 0 bridgehead atoms. The second-order valence-electron chi connectivity index (χ2n) is 5.54. The fourth-order valence-electron chi connectivity index (χ4n) is 2.86. The van der Waals surface area contributed by atoms with Gasteiger partial charge in [0, 0.05) is 17.3 Å². The first-order valence-corrected chi connectivity index (χ1v) is 9.11. The number of rotatable bonds is 4. The number of carbonyl (C=O) groups is 2. The first-order valence-electron chi connectivity index (χ1n) is 6.83. The summed E-state index contributed by atoms with van der Waals surface area (Å²) in [5.74, 6) is -1.42. The maximum atomic E-state index is 13.1. The zero-order chi connectivity index (χ0) is 16.5. The second-order valence-corrected chi connectivity index (χ2v) is 8.78. The molecule has 2 unspecified atom stereocenters. The van der Waals surface area contributed by atoms with Crippen LogP contribution in [0.15, 0.2) is 33.6 Å². The van der Waals surface area contributed by atoms with Crippen LogP contribution in [-0.4, -0.2) is 32.0 Å². The van der Waals surface area contributed by atoms with Gasteiger partial charge in [-0.1, -0.05) is 22.0 Å². The van der Waals surface area contributed by atoms with Crippen LogP contribution in [0.5, 0.6) is 0 Å². The molecule has 0 amide bonds. The Kier molecular flexibility index (Phi) is 4.77. The molecule has 22 heavy (non-hydrogen) atoms. The highest BCUT2D eigenvalue weighted by atomic mass is 79.9. The topological polar surface area (TPSA) is 77.5 Å². The van der Waals surface area contributed by atoms with Gasteiger partial charge in [-0.25, -0.2) is 8.42 Å². The van der Waals surface area contributed by atoms with E-state index in [1.165, 1.54) is 19.1 Å². The quantitative estimate of drug-likeness (QED) is 0.740. The summed E-state index contributed by atoms with van der Waals surface area (Å²) < 4.78 is 29.7. The summed E-state index contributed by atoms with van der Waals surface area (Å²) in [5.41, 5.74) is 0. The number of hydrogen-bond acceptors (Lipinski definition) is 5. The number of methoxy groups -OCH3 is 1. The van der Waals surface area contributed by atoms with Crippen LogP contribution in [0.2, 0.25) is 0 Å². The fourth-order valence-corrected chi connectivity index (χ4v) is 5.38. The molecule has 1 aliphatic carbocycles. The largest absolute Gasteiger partial charge is 0.468 e. The number of Topliss-reactive ketones (excluding diaryl/α,β-unsaturated/α-hetero) is 1. The summed E-state index contributed by atoms with van der Waals surface area (Å²) in [7, 11) is -2.84. The third-order valence-corrected chi connectivity index (χ3v) is 7.26. The summed E-state index contributed by atoms with van der Waals surface area (Å²) >= 11 is 3.23. The van der Waals surface area contributed by atoms with Crippen molar-refractivity contribution >= 4 is 37.5 Å². The Morgan fingerprint density at radius 1 is 1.41 bits per heavy atom. The van der Waals surface area contributed by atoms with Crippen molar-refractivity contribution in [3.05, 3.63) is 28.7 Å². The van der Waals surface area contributed by atoms with Crippen LogP contribution in [0.1, 0.15) is 26.2 Å². The molecule has 5 nitrogen and oxygen atoms in total. The highest BCUT2D eigenvalue weighted by Crippen LogP contribution is 2.41. The minimum atomic E-state index is -4.00. The van der Waals surface area contributed by atoms with Crippen molar-refractivity contribution in [1.29, 1.82) is 0 Å². The molecular weight excluding hydrogens is 372 g/mol. The predicted molar refractivity (Wildman–Crippen MR) is 84.1 cm³/mol. The standard InChI is InChI=1S/C15H17BrO5S/c1-15(14(18)21-2,10-6-7-12(17)8-10)22(19,20)13-5-3-4-11(16)9-13/h3-5,9-10H,6-8H2,1-2H3. The fraction of sp³-hybridized carbons (Fsp3) is 0.467. The number of hydrogen-bond donors (Lipinski definition) is 0. The average Bonchev–Trinajstić information content (AvgIpc) is 2.92. The van der Waals surface area contributed by atoms with Crippen molar-refractivity contribution in [3.8, 4) is 0 Å². The van der Waals surface area contributed by atoms with Gasteiger partial charge in [0.15, 0.2) is 14.6 Å². The van der Waals surface area contributed by atoms with Gasteiger partial charge in [0.05, 0.1) is 12.0 Å². The second kappa shape index (κ2) is 6.12. The molecule has 0 heterocycles. The van der Waals surface area contributed by atoms with Gasteiger partial charge in [0.1, 0.15) is 5.78 Å². The van der Waals surface area contributed by atoms with Crippen molar-refractivity contribution in [2.45, 2.75) is 35.8 Å². The normalized spacial score (nSPS) is 21.4. The first kappa shape index (κ1) is 17.1. The molecule has 1 aliphatic rings. The number of halogens is 1. The SMILES string of the molecule is COC(=O)C(C)(C1CCC(=O)C1)S(=O)(=O)c1cccc(Br)c1. The van der Waals surface area contributed by atoms with Crippen molar-refractivity contribution in [2.24, 2.45) is 5.92 Å². The molecule has 0 aliphatic heterocycles. The van der Waals surface area contributed by atoms with Gasteiger partial charge in [0.2, 0.25) is 0 Å². The van der Waals surface area contributed by atoms with Gasteiger partial charge in [0.25, 0.3) is 0 Å². The van der Waals surface area contributed by atoms with Crippen LogP contribution in [0, 0.1) is 5.92 Å². The summed E-state index contributed by atoms with van der Waals surface area (Å²) in [6.07, 6.45) is 0.752. The van der Waals surface area contributed by atoms with E-state index in [-0.39, 0.29) is 17.1 Å². The number of carbonyl (C=O) groups excluding carboxylic acids is 2. The van der Waals surface area contributed by atoms with E-state index in [1.807, 2.05) is 0 Å². The monoisotopic (exact) mass is 388 g/mol. The van der Waals surface area contributed by atoms with Gasteiger partial charge in [-0.2, -0.15) is 0 Å². The van der Waals surface area contributed by atoms with Crippen molar-refractivity contribution in [1.82, 2.24) is 0 Å². The van der Waals surface area contributed by atoms with Crippen molar-refractivity contribution in [2.75, 3.05) is 7.11 Å². The summed E-state index contributed by atoms with van der Waals surface area (Å²) in [5, 5.41) is 0. The molecule has 2 rings (SSSR count). The molecule has 7 heteroatoms. The van der Waals surface area contributed by atoms with Crippen molar-refractivity contribution < 1.29 is 22.7 Å². The Balaban J connectivity index is 2.58. The molecule has 2 atom stereocenters. The Labute approximate surface area is 138 Å². The lowest BCUT2D eigenvalue weighted by atomic mass is 9.91. The minimum Gasteiger partial charge on any atom is -0.468 e. The van der Waals surface area contributed by atoms with E-state index >= 15 is 0 Å². The van der Waals surface area contributed by atoms with Gasteiger partial charge in [-0.15, -0.1) is 0 Å². The predicted octanol–water partition coefficient (Wildman–Crippen LogP) is 2.52. The minimum absolute atomic E-state index is 0.0235. The Bertz CT molecular complexity index is 712. The summed E-state index contributed by atoms with van der Waals surface area (Å²) in [6.45, 7) is 1.36. The number of esters is 1. The van der Waals surface area contributed by atoms with Gasteiger partial charge in [-0.3, -0.25) is 9.59 Å². The zero-order valence-corrected chi connectivity index (χ0v) is 14.7. The molecule has 120 valence electrons. The molecule has 1 aromatic carbocycles. The lowest BCUT2D eigenvalue weighted by Crippen LogP contribution is -2.50. The van der Waals surface area contributed by atoms with Gasteiger partial charge >= 0.3 is 5.97 Å². The van der Waals surface area contributed by atoms with Crippen LogP contribution >= 0.6 is 15.9 Å². The van der Waals surface area contributed by atoms with Crippen LogP contribution in [0.25, 0.3) is 0 Å². The maximum absolute atomic E-state index is 13.1. The molecule has 0 aromatic heterocycles. The van der Waals surface area contributed by atoms with E-state index in [0.29, 0.717) is 17.3 Å². The van der Waals surface area contributed by atoms with E-state index in [0.717, 1.165) is 7.11 Å². The first-order chi connectivity index (χ1) is 10.2. The summed E-state index contributed by atoms with van der Waals surface area (Å²) in [4.78, 5) is 23.9. The molecule has 0 saturated heterocycles. The molecule has 1 saturated carbocycles. The number of ether oxygens (including phenoxy) is 1. The Hall–Kier alpha value is -1.21. The number of sulfone groups is 1. The number of ketones is 1. The molecule has 0 spiro atoms. The lowest BCUT2D eigenvalue weighted by Gasteiger charge is -2.31. The van der Waals surface area contributed by atoms with Crippen LogP contribution in [0.4, 0.5) is 0 Å². The van der Waals surface area contributed by atoms with Crippen LogP contribution < -0.4 is 0 Å². The van der Waals surface area contributed by atoms with Crippen LogP contribution in [0.3, 0.4) is 0 Å². The third kappa shape index (κ3) is 2.72. The van der Waals surface area contributed by atoms with Crippen LogP contribution in [-0.2, 0) is 24.2 Å². The van der Waals surface area contributed by atoms with Gasteiger partial charge < -0.3 is 4.74 Å². The summed E-state index contributed by atoms with van der Waals surface area (Å²) in [6, 6.07) is 6.19. The Morgan fingerprint density at radius 3 is 2.59 bits per heavy atom. The smallest absolute Gasteiger partial charge is 0.327 e. The highest BCUT2D eigenvalue weighted by molar-refractivity contribution is 9.10. The molecule has 1 fully saturated rings. The third-order valence-electron chi connectivity index (χ3n) is 4.28. The Morgan fingerprint density at radius 2 is 2.09 bits per heavy atom. The van der Waals surface area contributed by atoms with E-state index < -0.39 is 26.5 Å². The lowest BCUT2D eigenvalue weighted by molar-refractivity contribution is -0.144. The van der Waals surface area contributed by atoms with Gasteiger partial charge in [-0.05, 0) is 37.5 Å². The molecule has 0 radical (unpaired) electrons. The van der Waals surface area contributed by atoms with E-state index in [4.69, 9.17) is 4.74 Å². The zero-order valence-electron chi connectivity index (χ0n) is 12.3.